The van der Waals surface area contributed by atoms with E-state index in [1.807, 2.05) is 80.5 Å². The van der Waals surface area contributed by atoms with E-state index in [0.717, 1.165) is 44.9 Å². The van der Waals surface area contributed by atoms with Gasteiger partial charge in [0.05, 0.1) is 54.7 Å². The lowest BCUT2D eigenvalue weighted by atomic mass is 9.84. The molecule has 0 aromatic rings. The van der Waals surface area contributed by atoms with Crippen molar-refractivity contribution in [2.75, 3.05) is 63.8 Å². The lowest BCUT2D eigenvalue weighted by Crippen LogP contribution is -2.39. The van der Waals surface area contributed by atoms with Crippen LogP contribution in [0.3, 0.4) is 0 Å². The van der Waals surface area contributed by atoms with Crippen LogP contribution in [-0.2, 0) is 80.9 Å². The molecule has 0 radical (unpaired) electrons. The number of rotatable bonds is 50. The third-order valence-corrected chi connectivity index (χ3v) is 17.9. The van der Waals surface area contributed by atoms with Crippen molar-refractivity contribution in [3.63, 3.8) is 0 Å². The first-order valence-corrected chi connectivity index (χ1v) is 34.5. The number of esters is 4. The first-order chi connectivity index (χ1) is 44.6. The molecule has 0 heterocycles. The molecule has 22 heteroatoms. The molecule has 21 atom stereocenters. The van der Waals surface area contributed by atoms with Gasteiger partial charge >= 0.3 is 23.9 Å². The maximum absolute atomic E-state index is 12.4. The van der Waals surface area contributed by atoms with E-state index >= 15 is 0 Å². The number of hydrogen-bond donors (Lipinski definition) is 2. The number of carbonyl (C=O) groups excluding carboxylic acids is 7. The van der Waals surface area contributed by atoms with Crippen molar-refractivity contribution in [2.45, 2.75) is 268 Å². The smallest absolute Gasteiger partial charge is 0.308 e. The zero-order chi connectivity index (χ0) is 73.7. The summed E-state index contributed by atoms with van der Waals surface area (Å²) >= 11 is 0. The highest BCUT2D eigenvalue weighted by molar-refractivity contribution is 5.71. The SMILES string of the molecule is CCC(=O)O[C@H](CC[C@H](C)[C@H](C[C@@H](C)O)OC)[C@H](C)[C@H](OC)[C@H](C)/C=C/N(C)C=O.CCC(=O)O[C@H](CC[C@H](C)[C@H](C[C@@H](CC)OC(C)=O)OC)[C@H](C)[C@H](OC)[C@H](C)/C=C/N(C)C=O.CO[C@@H]([C@@H](C)[C@@H](CC[C@H](C)[C@H](C[C@@H](C)O)OC)OC(=O)C(C)C)[C@H](C)/C=C/N(C)C=O. The Labute approximate surface area is 574 Å². The molecule has 0 aliphatic carbocycles. The van der Waals surface area contributed by atoms with Gasteiger partial charge in [0.15, 0.2) is 0 Å². The van der Waals surface area contributed by atoms with Gasteiger partial charge in [-0.1, -0.05) is 115 Å². The van der Waals surface area contributed by atoms with E-state index in [1.165, 1.54) is 21.6 Å². The molecule has 0 spiro atoms. The Bertz CT molecular complexity index is 2130. The largest absolute Gasteiger partial charge is 0.462 e. The quantitative estimate of drug-likeness (QED) is 0.0326. The molecule has 0 bridgehead atoms. The molecule has 556 valence electrons. The minimum absolute atomic E-state index is 0.00316. The summed E-state index contributed by atoms with van der Waals surface area (Å²) in [5.74, 6) is -0.755. The van der Waals surface area contributed by atoms with Gasteiger partial charge in [0.25, 0.3) is 0 Å². The van der Waals surface area contributed by atoms with Gasteiger partial charge in [-0.3, -0.25) is 33.6 Å². The van der Waals surface area contributed by atoms with E-state index in [9.17, 15) is 43.8 Å². The molecule has 0 aliphatic heterocycles. The van der Waals surface area contributed by atoms with E-state index in [0.29, 0.717) is 51.4 Å². The van der Waals surface area contributed by atoms with E-state index < -0.39 is 12.2 Å². The van der Waals surface area contributed by atoms with Crippen LogP contribution < -0.4 is 0 Å². The number of ether oxygens (including phenoxy) is 10. The molecule has 0 saturated carbocycles. The molecule has 0 saturated heterocycles. The number of methoxy groups -OCH3 is 6. The highest BCUT2D eigenvalue weighted by atomic mass is 16.6. The Kier molecular flexibility index (Phi) is 53.8. The fraction of sp³-hybridized carbons (Fsp3) is 0.822. The predicted octanol–water partition coefficient (Wildman–Crippen LogP) is 11.4. The van der Waals surface area contributed by atoms with Crippen molar-refractivity contribution in [1.29, 1.82) is 0 Å². The van der Waals surface area contributed by atoms with Gasteiger partial charge in [0.2, 0.25) is 19.2 Å². The first kappa shape index (κ1) is 94.4. The van der Waals surface area contributed by atoms with Crippen molar-refractivity contribution >= 4 is 43.1 Å². The minimum atomic E-state index is -0.434. The summed E-state index contributed by atoms with van der Waals surface area (Å²) in [5.41, 5.74) is 0. The molecule has 95 heavy (non-hydrogen) atoms. The van der Waals surface area contributed by atoms with Crippen LogP contribution in [0, 0.1) is 59.2 Å². The van der Waals surface area contributed by atoms with Crippen molar-refractivity contribution < 1.29 is 91.1 Å². The van der Waals surface area contributed by atoms with Crippen molar-refractivity contribution in [2.24, 2.45) is 59.2 Å². The second-order valence-electron chi connectivity index (χ2n) is 26.5. The van der Waals surface area contributed by atoms with Gasteiger partial charge in [-0.05, 0) is 89.4 Å². The van der Waals surface area contributed by atoms with Crippen molar-refractivity contribution in [3.05, 3.63) is 36.8 Å². The topological polar surface area (TPSA) is 262 Å². The van der Waals surface area contributed by atoms with E-state index in [2.05, 4.69) is 20.8 Å². The fourth-order valence-electron chi connectivity index (χ4n) is 11.7. The molecule has 0 aromatic heterocycles. The maximum atomic E-state index is 12.4. The molecular weight excluding hydrogens is 1220 g/mol. The summed E-state index contributed by atoms with van der Waals surface area (Å²) in [4.78, 5) is 84.9. The van der Waals surface area contributed by atoms with Crippen LogP contribution in [0.2, 0.25) is 0 Å². The molecular formula is C73H135N3O19. The van der Waals surface area contributed by atoms with Gasteiger partial charge < -0.3 is 72.3 Å². The molecule has 3 amide bonds. The summed E-state index contributed by atoms with van der Waals surface area (Å²) in [7, 11) is 15.0. The number of amides is 3. The predicted molar refractivity (Wildman–Crippen MR) is 372 cm³/mol. The summed E-state index contributed by atoms with van der Waals surface area (Å²) < 4.78 is 57.1. The molecule has 0 fully saturated rings. The Hall–Kier alpha value is -4.81. The third-order valence-electron chi connectivity index (χ3n) is 17.9. The normalized spacial score (nSPS) is 18.5. The standard InChI is InChI=1S/C26H47NO7.C24H45NO6.C23H43NO6/c1-10-22(33-21(6)29)16-24(31-8)18(3)12-13-23(34-25(30)11-2)20(5)26(32-9)19(4)14-15-27(7)17-28;1-16(2)24(28)31-21(11-10-17(3)22(29-8)14-19(5)27)20(6)23(30-9)18(4)12-13-25(7)15-26;1-9-22(27)30-20(11-10-16(2)21(28-7)14-18(4)26)19(5)23(29-8)17(3)12-13-24(6)15-25/h14-15,17-20,22-24,26H,10-13,16H2,1-9H3;12-13,15-23,27H,10-11,14H2,1-9H3;12-13,15-21,23,26H,9-11,14H2,1-8H3/b15-14+;2*13-12+/t18-,19+,20-,22+,23+,24-,26+;17-,18+,19+,20-,21+,22-,23+;16-,17+,18+,19-,20+,21-,23+/m000/s1. The van der Waals surface area contributed by atoms with Crippen LogP contribution in [0.25, 0.3) is 0 Å². The number of hydrogen-bond acceptors (Lipinski definition) is 19. The summed E-state index contributed by atoms with van der Waals surface area (Å²) in [6, 6.07) is 0. The third kappa shape index (κ3) is 40.6. The van der Waals surface area contributed by atoms with Gasteiger partial charge in [0, 0.05) is 144 Å². The average Bonchev–Trinajstić information content (AvgIpc) is 0.958. The lowest BCUT2D eigenvalue weighted by Gasteiger charge is -2.34. The van der Waals surface area contributed by atoms with Gasteiger partial charge in [-0.2, -0.15) is 0 Å². The average molecular weight is 1360 g/mol. The minimum Gasteiger partial charge on any atom is -0.462 e. The lowest BCUT2D eigenvalue weighted by molar-refractivity contribution is -0.160. The summed E-state index contributed by atoms with van der Waals surface area (Å²) in [6.45, 7) is 32.6. The van der Waals surface area contributed by atoms with Crippen LogP contribution in [-0.4, -0.2) is 205 Å². The molecule has 0 unspecified atom stereocenters. The second kappa shape index (κ2) is 54.1. The highest BCUT2D eigenvalue weighted by Gasteiger charge is 2.36. The van der Waals surface area contributed by atoms with Crippen LogP contribution >= 0.6 is 0 Å². The van der Waals surface area contributed by atoms with Gasteiger partial charge in [0.1, 0.15) is 24.4 Å². The Balaban J connectivity index is -0.00000134. The first-order valence-electron chi connectivity index (χ1n) is 34.5. The van der Waals surface area contributed by atoms with Crippen LogP contribution in [0.5, 0.6) is 0 Å². The number of aliphatic hydroxyl groups excluding tert-OH is 2. The van der Waals surface area contributed by atoms with Crippen molar-refractivity contribution in [1.82, 2.24) is 14.7 Å². The van der Waals surface area contributed by atoms with E-state index in [1.54, 1.807) is 110 Å². The fourth-order valence-corrected chi connectivity index (χ4v) is 11.7. The maximum Gasteiger partial charge on any atom is 0.308 e. The molecule has 0 aliphatic rings. The van der Waals surface area contributed by atoms with Crippen LogP contribution in [0.1, 0.15) is 195 Å². The van der Waals surface area contributed by atoms with Gasteiger partial charge in [-0.15, -0.1) is 0 Å². The Morgan fingerprint density at radius 3 is 0.905 bits per heavy atom. The number of aliphatic hydroxyl groups is 2. The molecule has 0 rings (SSSR count). The van der Waals surface area contributed by atoms with Crippen LogP contribution in [0.4, 0.5) is 0 Å². The van der Waals surface area contributed by atoms with Gasteiger partial charge in [-0.25, -0.2) is 0 Å². The van der Waals surface area contributed by atoms with E-state index in [-0.39, 0.29) is 144 Å². The van der Waals surface area contributed by atoms with Crippen LogP contribution in [0.15, 0.2) is 36.8 Å². The zero-order valence-corrected chi connectivity index (χ0v) is 63.6. The monoisotopic (exact) mass is 1360 g/mol. The van der Waals surface area contributed by atoms with E-state index in [4.69, 9.17) is 47.4 Å². The molecule has 2 N–H and O–H groups in total. The highest BCUT2D eigenvalue weighted by Crippen LogP contribution is 2.32. The second-order valence-corrected chi connectivity index (χ2v) is 26.5. The van der Waals surface area contributed by atoms with Crippen molar-refractivity contribution in [3.8, 4) is 0 Å². The number of nitrogens with zero attached hydrogens (tertiary/aromatic N) is 3. The molecule has 0 aromatic carbocycles. The zero-order valence-electron chi connectivity index (χ0n) is 63.6. The Morgan fingerprint density at radius 1 is 0.400 bits per heavy atom. The number of carbonyl (C=O) groups is 7. The summed E-state index contributed by atoms with van der Waals surface area (Å²) in [6.07, 6.45) is 17.8. The molecule has 22 nitrogen and oxygen atoms in total. The summed E-state index contributed by atoms with van der Waals surface area (Å²) in [5, 5.41) is 19.4. The Morgan fingerprint density at radius 2 is 0.684 bits per heavy atom.